The Morgan fingerprint density at radius 1 is 1.06 bits per heavy atom. The summed E-state index contributed by atoms with van der Waals surface area (Å²) in [6.45, 7) is 6.97. The summed E-state index contributed by atoms with van der Waals surface area (Å²) in [5.74, 6) is 2.29. The van der Waals surface area contributed by atoms with Gasteiger partial charge in [-0.25, -0.2) is 15.0 Å². The van der Waals surface area contributed by atoms with E-state index in [-0.39, 0.29) is 11.9 Å². The van der Waals surface area contributed by atoms with Crippen molar-refractivity contribution in [3.63, 3.8) is 0 Å². The highest BCUT2D eigenvalue weighted by Gasteiger charge is 2.29. The standard InChI is InChI=1S/C26H27N5O/c1-16-7-9-19(10-8-16)14-31-23-24(27-18(3)20-11-12-20)28-22(15-32)29-25(23)30-26(31)21-6-4-5-17(2)13-21/h4-10,13,15,18,20H,11-12,14H2,1-3H3,(H,27,28,29)/t18-/m1/s1. The molecule has 0 bridgehead atoms. The van der Waals surface area contributed by atoms with Crippen molar-refractivity contribution in [2.75, 3.05) is 5.32 Å². The zero-order chi connectivity index (χ0) is 22.2. The first-order chi connectivity index (χ1) is 15.5. The van der Waals surface area contributed by atoms with Crippen LogP contribution in [-0.4, -0.2) is 31.8 Å². The van der Waals surface area contributed by atoms with E-state index in [2.05, 4.69) is 83.1 Å². The van der Waals surface area contributed by atoms with Crippen molar-refractivity contribution < 1.29 is 4.79 Å². The number of carbonyl (C=O) groups excluding carboxylic acids is 1. The van der Waals surface area contributed by atoms with Crippen LogP contribution >= 0.6 is 0 Å². The number of aryl methyl sites for hydroxylation is 2. The number of hydrogen-bond donors (Lipinski definition) is 1. The highest BCUT2D eigenvalue weighted by molar-refractivity contribution is 5.89. The quantitative estimate of drug-likeness (QED) is 0.413. The topological polar surface area (TPSA) is 72.7 Å². The van der Waals surface area contributed by atoms with E-state index in [1.54, 1.807) is 0 Å². The third kappa shape index (κ3) is 4.00. The van der Waals surface area contributed by atoms with Crippen LogP contribution in [0.2, 0.25) is 0 Å². The Balaban J connectivity index is 1.72. The van der Waals surface area contributed by atoms with E-state index >= 15 is 0 Å². The van der Waals surface area contributed by atoms with Crippen molar-refractivity contribution in [3.8, 4) is 11.4 Å². The van der Waals surface area contributed by atoms with Gasteiger partial charge >= 0.3 is 0 Å². The molecule has 0 unspecified atom stereocenters. The number of benzene rings is 2. The van der Waals surface area contributed by atoms with Gasteiger partial charge in [0.2, 0.25) is 0 Å². The van der Waals surface area contributed by atoms with E-state index in [0.717, 1.165) is 22.5 Å². The second kappa shape index (κ2) is 8.19. The van der Waals surface area contributed by atoms with Crippen molar-refractivity contribution in [1.29, 1.82) is 0 Å². The average molecular weight is 426 g/mol. The Kier molecular flexibility index (Phi) is 5.21. The fourth-order valence-electron chi connectivity index (χ4n) is 4.17. The Hall–Kier alpha value is -3.54. The SMILES string of the molecule is Cc1ccc(Cn2c(-c3cccc(C)c3)nc3nc(C=O)nc(N[C@H](C)C4CC4)c32)cc1. The lowest BCUT2D eigenvalue weighted by Gasteiger charge is -2.16. The lowest BCUT2D eigenvalue weighted by molar-refractivity contribution is 0.111. The first kappa shape index (κ1) is 20.4. The summed E-state index contributed by atoms with van der Waals surface area (Å²) >= 11 is 0. The minimum Gasteiger partial charge on any atom is -0.365 e. The van der Waals surface area contributed by atoms with Crippen molar-refractivity contribution in [3.05, 3.63) is 71.0 Å². The number of aldehydes is 1. The molecule has 0 spiro atoms. The molecule has 1 N–H and O–H groups in total. The summed E-state index contributed by atoms with van der Waals surface area (Å²) in [7, 11) is 0. The summed E-state index contributed by atoms with van der Waals surface area (Å²) in [5, 5.41) is 3.56. The van der Waals surface area contributed by atoms with Gasteiger partial charge in [-0.2, -0.15) is 0 Å². The first-order valence-corrected chi connectivity index (χ1v) is 11.1. The van der Waals surface area contributed by atoms with Crippen LogP contribution in [0, 0.1) is 19.8 Å². The number of fused-ring (bicyclic) bond motifs is 1. The Labute approximate surface area is 187 Å². The Morgan fingerprint density at radius 2 is 1.84 bits per heavy atom. The number of anilines is 1. The first-order valence-electron chi connectivity index (χ1n) is 11.1. The van der Waals surface area contributed by atoms with E-state index in [1.165, 1.54) is 24.0 Å². The zero-order valence-electron chi connectivity index (χ0n) is 18.7. The van der Waals surface area contributed by atoms with Crippen molar-refractivity contribution in [1.82, 2.24) is 19.5 Å². The third-order valence-corrected chi connectivity index (χ3v) is 6.16. The van der Waals surface area contributed by atoms with Gasteiger partial charge in [0, 0.05) is 18.2 Å². The Morgan fingerprint density at radius 3 is 2.53 bits per heavy atom. The number of aromatic nitrogens is 4. The minimum absolute atomic E-state index is 0.152. The van der Waals surface area contributed by atoms with Crippen LogP contribution in [0.3, 0.4) is 0 Å². The summed E-state index contributed by atoms with van der Waals surface area (Å²) in [6, 6.07) is 17.1. The molecule has 2 aromatic heterocycles. The third-order valence-electron chi connectivity index (χ3n) is 6.16. The molecule has 1 fully saturated rings. The van der Waals surface area contributed by atoms with Crippen LogP contribution in [0.25, 0.3) is 22.6 Å². The summed E-state index contributed by atoms with van der Waals surface area (Å²) < 4.78 is 2.17. The Bertz CT molecular complexity index is 1290. The van der Waals surface area contributed by atoms with Crippen LogP contribution in [0.15, 0.2) is 48.5 Å². The summed E-state index contributed by atoms with van der Waals surface area (Å²) in [4.78, 5) is 25.5. The van der Waals surface area contributed by atoms with E-state index in [9.17, 15) is 4.79 Å². The molecule has 1 aliphatic rings. The molecule has 0 radical (unpaired) electrons. The molecule has 32 heavy (non-hydrogen) atoms. The highest BCUT2D eigenvalue weighted by atomic mass is 16.1. The molecule has 1 saturated carbocycles. The van der Waals surface area contributed by atoms with Gasteiger partial charge in [-0.15, -0.1) is 0 Å². The molecular formula is C26H27N5O. The van der Waals surface area contributed by atoms with Gasteiger partial charge in [0.1, 0.15) is 11.3 Å². The van der Waals surface area contributed by atoms with Gasteiger partial charge in [-0.1, -0.05) is 53.6 Å². The molecule has 6 heteroatoms. The number of rotatable bonds is 7. The van der Waals surface area contributed by atoms with Crippen LogP contribution in [0.1, 0.15) is 47.1 Å². The lowest BCUT2D eigenvalue weighted by Crippen LogP contribution is -2.20. The summed E-state index contributed by atoms with van der Waals surface area (Å²) in [5.41, 5.74) is 5.95. The molecule has 0 amide bonds. The van der Waals surface area contributed by atoms with Crippen molar-refractivity contribution in [2.24, 2.45) is 5.92 Å². The van der Waals surface area contributed by atoms with Gasteiger partial charge < -0.3 is 9.88 Å². The minimum atomic E-state index is 0.152. The normalized spacial score (nSPS) is 14.5. The van der Waals surface area contributed by atoms with Gasteiger partial charge in [0.25, 0.3) is 0 Å². The number of hydrogen-bond acceptors (Lipinski definition) is 5. The molecule has 6 nitrogen and oxygen atoms in total. The van der Waals surface area contributed by atoms with Crippen LogP contribution < -0.4 is 5.32 Å². The molecule has 1 atom stereocenters. The fraction of sp³-hybridized carbons (Fsp3) is 0.308. The summed E-state index contributed by atoms with van der Waals surface area (Å²) in [6.07, 6.45) is 3.14. The predicted molar refractivity (Wildman–Crippen MR) is 127 cm³/mol. The average Bonchev–Trinajstić information content (AvgIpc) is 3.57. The molecule has 4 aromatic rings. The van der Waals surface area contributed by atoms with Crippen molar-refractivity contribution in [2.45, 2.75) is 46.2 Å². The fourth-order valence-corrected chi connectivity index (χ4v) is 4.17. The maximum atomic E-state index is 11.6. The van der Waals surface area contributed by atoms with E-state index in [1.807, 2.05) is 6.07 Å². The zero-order valence-corrected chi connectivity index (χ0v) is 18.7. The smallest absolute Gasteiger partial charge is 0.196 e. The second-order valence-corrected chi connectivity index (χ2v) is 8.87. The second-order valence-electron chi connectivity index (χ2n) is 8.87. The maximum absolute atomic E-state index is 11.6. The van der Waals surface area contributed by atoms with E-state index in [4.69, 9.17) is 4.98 Å². The van der Waals surface area contributed by atoms with Crippen LogP contribution in [-0.2, 0) is 6.54 Å². The molecular weight excluding hydrogens is 398 g/mol. The van der Waals surface area contributed by atoms with E-state index < -0.39 is 0 Å². The van der Waals surface area contributed by atoms with Gasteiger partial charge in [0.05, 0.1) is 0 Å². The number of nitrogens with zero attached hydrogens (tertiary/aromatic N) is 4. The molecule has 5 rings (SSSR count). The molecule has 162 valence electrons. The largest absolute Gasteiger partial charge is 0.365 e. The van der Waals surface area contributed by atoms with Gasteiger partial charge in [-0.05, 0) is 51.2 Å². The predicted octanol–water partition coefficient (Wildman–Crippen LogP) is 5.18. The van der Waals surface area contributed by atoms with Gasteiger partial charge in [-0.3, -0.25) is 4.79 Å². The highest BCUT2D eigenvalue weighted by Crippen LogP contribution is 2.35. The maximum Gasteiger partial charge on any atom is 0.196 e. The van der Waals surface area contributed by atoms with Gasteiger partial charge in [0.15, 0.2) is 23.6 Å². The number of carbonyl (C=O) groups is 1. The molecule has 2 aromatic carbocycles. The molecule has 2 heterocycles. The number of imidazole rings is 1. The molecule has 1 aliphatic carbocycles. The van der Waals surface area contributed by atoms with Crippen LogP contribution in [0.4, 0.5) is 5.82 Å². The molecule has 0 aliphatic heterocycles. The van der Waals surface area contributed by atoms with E-state index in [0.29, 0.717) is 30.2 Å². The number of nitrogens with one attached hydrogen (secondary N) is 1. The molecule has 0 saturated heterocycles. The monoisotopic (exact) mass is 425 g/mol. The lowest BCUT2D eigenvalue weighted by atomic mass is 10.1. The van der Waals surface area contributed by atoms with Crippen LogP contribution in [0.5, 0.6) is 0 Å². The van der Waals surface area contributed by atoms with Crippen molar-refractivity contribution >= 4 is 23.3 Å².